The summed E-state index contributed by atoms with van der Waals surface area (Å²) in [6.07, 6.45) is 3.30. The van der Waals surface area contributed by atoms with Crippen LogP contribution in [0.3, 0.4) is 0 Å². The fourth-order valence-corrected chi connectivity index (χ4v) is 2.06. The van der Waals surface area contributed by atoms with Gasteiger partial charge in [0.1, 0.15) is 0 Å². The molecule has 0 spiro atoms. The highest BCUT2D eigenvalue weighted by molar-refractivity contribution is 6.46. The minimum atomic E-state index is -0.783. The minimum absolute atomic E-state index is 0.467. The third-order valence-electron chi connectivity index (χ3n) is 2.04. The normalized spacial score (nSPS) is 42.2. The monoisotopic (exact) mass is 244 g/mol. The molecule has 1 aliphatic rings. The highest BCUT2D eigenvalue weighted by atomic mass is 35.5. The van der Waals surface area contributed by atoms with E-state index in [0.29, 0.717) is 10.1 Å². The molecule has 0 N–H and O–H groups in total. The van der Waals surface area contributed by atoms with Gasteiger partial charge in [-0.15, -0.1) is 23.2 Å². The fourth-order valence-electron chi connectivity index (χ4n) is 0.926. The molecule has 0 amide bonds. The molecule has 2 unspecified atom stereocenters. The van der Waals surface area contributed by atoms with Gasteiger partial charge in [-0.05, 0) is 26.0 Å². The Morgan fingerprint density at radius 1 is 1.17 bits per heavy atom. The van der Waals surface area contributed by atoms with Crippen molar-refractivity contribution in [3.05, 3.63) is 22.2 Å². The Morgan fingerprint density at radius 3 is 2.08 bits per heavy atom. The number of hydrogen-bond donors (Lipinski definition) is 0. The summed E-state index contributed by atoms with van der Waals surface area (Å²) in [4.78, 5) is -1.52. The zero-order chi connectivity index (χ0) is 9.57. The molecule has 0 aliphatic heterocycles. The van der Waals surface area contributed by atoms with E-state index in [1.165, 1.54) is 0 Å². The van der Waals surface area contributed by atoms with Crippen molar-refractivity contribution in [2.45, 2.75) is 23.6 Å². The third-order valence-corrected chi connectivity index (χ3v) is 4.02. The standard InChI is InChI=1S/C8H8Cl4/c1-7(11)4-5(9)3-6(10)8(7,2)12/h3-4H,1-2H3. The van der Waals surface area contributed by atoms with Crippen LogP contribution in [0.4, 0.5) is 0 Å². The SMILES string of the molecule is CC1(Cl)C=C(Cl)C=C(Cl)C1(C)Cl. The molecule has 1 aliphatic carbocycles. The van der Waals surface area contributed by atoms with Crippen molar-refractivity contribution < 1.29 is 0 Å². The van der Waals surface area contributed by atoms with E-state index in [9.17, 15) is 0 Å². The summed E-state index contributed by atoms with van der Waals surface area (Å²) < 4.78 is 0. The summed E-state index contributed by atoms with van der Waals surface area (Å²) in [7, 11) is 0. The van der Waals surface area contributed by atoms with Crippen LogP contribution < -0.4 is 0 Å². The second-order valence-electron chi connectivity index (χ2n) is 3.10. The summed E-state index contributed by atoms with van der Waals surface area (Å²) in [6.45, 7) is 3.54. The van der Waals surface area contributed by atoms with Gasteiger partial charge in [-0.1, -0.05) is 23.2 Å². The van der Waals surface area contributed by atoms with E-state index >= 15 is 0 Å². The van der Waals surface area contributed by atoms with Gasteiger partial charge in [0.25, 0.3) is 0 Å². The Bertz CT molecular complexity index is 260. The first kappa shape index (κ1) is 10.7. The largest absolute Gasteiger partial charge is 0.113 e. The Hall–Kier alpha value is 0.640. The van der Waals surface area contributed by atoms with Gasteiger partial charge in [0.15, 0.2) is 0 Å². The van der Waals surface area contributed by atoms with Gasteiger partial charge in [0.05, 0.1) is 9.75 Å². The summed E-state index contributed by atoms with van der Waals surface area (Å²) in [5.74, 6) is 0. The molecule has 0 heterocycles. The van der Waals surface area contributed by atoms with E-state index in [-0.39, 0.29) is 0 Å². The van der Waals surface area contributed by atoms with E-state index in [1.807, 2.05) is 0 Å². The summed E-state index contributed by atoms with van der Waals surface area (Å²) >= 11 is 24.0. The lowest BCUT2D eigenvalue weighted by molar-refractivity contribution is 0.615. The molecule has 12 heavy (non-hydrogen) atoms. The molecule has 0 bridgehead atoms. The predicted octanol–water partition coefficient (Wildman–Crippen LogP) is 4.24. The average molecular weight is 246 g/mol. The lowest BCUT2D eigenvalue weighted by Gasteiger charge is -2.37. The topological polar surface area (TPSA) is 0 Å². The molecule has 1 rings (SSSR count). The van der Waals surface area contributed by atoms with Crippen LogP contribution in [0.5, 0.6) is 0 Å². The van der Waals surface area contributed by atoms with E-state index in [4.69, 9.17) is 46.4 Å². The van der Waals surface area contributed by atoms with Gasteiger partial charge in [-0.2, -0.15) is 0 Å². The maximum Gasteiger partial charge on any atom is 0.0996 e. The Kier molecular flexibility index (Phi) is 2.76. The fraction of sp³-hybridized carbons (Fsp3) is 0.500. The van der Waals surface area contributed by atoms with Gasteiger partial charge < -0.3 is 0 Å². The molecule has 2 atom stereocenters. The number of hydrogen-bond acceptors (Lipinski definition) is 0. The second-order valence-corrected chi connectivity index (χ2v) is 5.48. The molecule has 68 valence electrons. The van der Waals surface area contributed by atoms with Crippen LogP contribution >= 0.6 is 46.4 Å². The van der Waals surface area contributed by atoms with Crippen LogP contribution in [0.1, 0.15) is 13.8 Å². The van der Waals surface area contributed by atoms with Crippen molar-refractivity contribution in [1.82, 2.24) is 0 Å². The van der Waals surface area contributed by atoms with Crippen LogP contribution in [0.15, 0.2) is 22.2 Å². The molecule has 0 aromatic rings. The van der Waals surface area contributed by atoms with E-state index < -0.39 is 9.75 Å². The van der Waals surface area contributed by atoms with Crippen LogP contribution in [-0.2, 0) is 0 Å². The number of rotatable bonds is 0. The Labute approximate surface area is 92.1 Å². The Balaban J connectivity index is 3.18. The van der Waals surface area contributed by atoms with Crippen molar-refractivity contribution >= 4 is 46.4 Å². The maximum absolute atomic E-state index is 6.14. The van der Waals surface area contributed by atoms with Gasteiger partial charge in [-0.25, -0.2) is 0 Å². The molecule has 0 aromatic carbocycles. The molecule has 0 aromatic heterocycles. The van der Waals surface area contributed by atoms with Gasteiger partial charge in [0.2, 0.25) is 0 Å². The number of allylic oxidation sites excluding steroid dienone is 4. The van der Waals surface area contributed by atoms with E-state index in [1.54, 1.807) is 26.0 Å². The van der Waals surface area contributed by atoms with Gasteiger partial charge in [0, 0.05) is 10.1 Å². The van der Waals surface area contributed by atoms with Crippen molar-refractivity contribution in [1.29, 1.82) is 0 Å². The van der Waals surface area contributed by atoms with E-state index in [2.05, 4.69) is 0 Å². The number of halogens is 4. The summed E-state index contributed by atoms with van der Waals surface area (Å²) in [6, 6.07) is 0. The number of alkyl halides is 2. The summed E-state index contributed by atoms with van der Waals surface area (Å²) in [5.41, 5.74) is 0. The third kappa shape index (κ3) is 1.63. The van der Waals surface area contributed by atoms with Crippen molar-refractivity contribution in [2.75, 3.05) is 0 Å². The summed E-state index contributed by atoms with van der Waals surface area (Å²) in [5, 5.41) is 0.991. The quantitative estimate of drug-likeness (QED) is 0.560. The first-order chi connectivity index (χ1) is 5.27. The zero-order valence-corrected chi connectivity index (χ0v) is 9.69. The van der Waals surface area contributed by atoms with Crippen LogP contribution in [0.25, 0.3) is 0 Å². The van der Waals surface area contributed by atoms with E-state index in [0.717, 1.165) is 0 Å². The molecule has 0 nitrogen and oxygen atoms in total. The van der Waals surface area contributed by atoms with Crippen LogP contribution in [0, 0.1) is 0 Å². The smallest absolute Gasteiger partial charge is 0.0996 e. The highest BCUT2D eigenvalue weighted by Gasteiger charge is 2.45. The van der Waals surface area contributed by atoms with Crippen molar-refractivity contribution in [3.63, 3.8) is 0 Å². The van der Waals surface area contributed by atoms with Gasteiger partial charge in [-0.3, -0.25) is 0 Å². The molecule has 0 saturated carbocycles. The molecular formula is C8H8Cl4. The Morgan fingerprint density at radius 2 is 1.67 bits per heavy atom. The first-order valence-corrected chi connectivity index (χ1v) is 4.92. The molecule has 0 saturated heterocycles. The van der Waals surface area contributed by atoms with Crippen LogP contribution in [-0.4, -0.2) is 9.75 Å². The lowest BCUT2D eigenvalue weighted by atomic mass is 9.89. The molecule has 0 fully saturated rings. The molecular weight excluding hydrogens is 238 g/mol. The second kappa shape index (κ2) is 3.09. The van der Waals surface area contributed by atoms with Crippen molar-refractivity contribution in [2.24, 2.45) is 0 Å². The predicted molar refractivity (Wildman–Crippen MR) is 56.4 cm³/mol. The minimum Gasteiger partial charge on any atom is -0.113 e. The zero-order valence-electron chi connectivity index (χ0n) is 6.67. The maximum atomic E-state index is 6.14. The lowest BCUT2D eigenvalue weighted by Crippen LogP contribution is -2.41. The molecule has 4 heteroatoms. The highest BCUT2D eigenvalue weighted by Crippen LogP contribution is 2.47. The van der Waals surface area contributed by atoms with Crippen LogP contribution in [0.2, 0.25) is 0 Å². The molecule has 0 radical (unpaired) electrons. The van der Waals surface area contributed by atoms with Crippen molar-refractivity contribution in [3.8, 4) is 0 Å². The first-order valence-electron chi connectivity index (χ1n) is 3.41. The average Bonchev–Trinajstić information content (AvgIpc) is 1.82. The van der Waals surface area contributed by atoms with Gasteiger partial charge >= 0.3 is 0 Å².